The third-order valence-electron chi connectivity index (χ3n) is 6.70. The van der Waals surface area contributed by atoms with Crippen LogP contribution in [0.15, 0.2) is 116 Å². The van der Waals surface area contributed by atoms with Crippen molar-refractivity contribution in [2.45, 2.75) is 0 Å². The summed E-state index contributed by atoms with van der Waals surface area (Å²) in [6, 6.07) is 31.0. The molecule has 0 saturated carbocycles. The van der Waals surface area contributed by atoms with E-state index in [0.717, 1.165) is 50.5 Å². The molecule has 3 aromatic carbocycles. The molecule has 0 aliphatic carbocycles. The van der Waals surface area contributed by atoms with Crippen LogP contribution >= 0.6 is 11.6 Å². The minimum Gasteiger partial charge on any atom is -0.453 e. The number of carbonyl (C=O) groups excluding carboxylic acids is 1. The Kier molecular flexibility index (Phi) is 7.97. The number of ether oxygens (including phenoxy) is 1. The summed E-state index contributed by atoms with van der Waals surface area (Å²) in [5.74, 6) is 0. The number of nitrogens with zero attached hydrogens (tertiary/aromatic N) is 6. The summed E-state index contributed by atoms with van der Waals surface area (Å²) in [5.41, 5.74) is 8.45. The van der Waals surface area contributed by atoms with Gasteiger partial charge in [-0.2, -0.15) is 4.68 Å². The van der Waals surface area contributed by atoms with Gasteiger partial charge in [0.2, 0.25) is 0 Å². The Hall–Kier alpha value is -5.67. The van der Waals surface area contributed by atoms with Gasteiger partial charge < -0.3 is 4.74 Å². The van der Waals surface area contributed by atoms with Crippen LogP contribution in [0.4, 0.5) is 10.5 Å². The summed E-state index contributed by atoms with van der Waals surface area (Å²) >= 11 is 6.36. The molecule has 0 saturated heterocycles. The molecule has 0 radical (unpaired) electrons. The molecule has 43 heavy (non-hydrogen) atoms. The van der Waals surface area contributed by atoms with Crippen molar-refractivity contribution in [1.82, 2.24) is 30.2 Å². The maximum absolute atomic E-state index is 11.6. The monoisotopic (exact) mass is 585 g/mol. The average molecular weight is 586 g/mol. The molecular formula is C33H24ClN7O2. The Morgan fingerprint density at radius 1 is 0.860 bits per heavy atom. The first-order valence-corrected chi connectivity index (χ1v) is 13.6. The lowest BCUT2D eigenvalue weighted by Crippen LogP contribution is -2.10. The van der Waals surface area contributed by atoms with Gasteiger partial charge in [-0.05, 0) is 81.7 Å². The molecule has 3 heterocycles. The van der Waals surface area contributed by atoms with Crippen LogP contribution in [0.25, 0.3) is 39.6 Å². The van der Waals surface area contributed by atoms with Crippen LogP contribution < -0.4 is 5.32 Å². The summed E-state index contributed by atoms with van der Waals surface area (Å²) in [4.78, 5) is 21.1. The van der Waals surface area contributed by atoms with Crippen molar-refractivity contribution < 1.29 is 9.53 Å². The number of hydrogen-bond donors (Lipinski definition) is 1. The third kappa shape index (κ3) is 6.32. The lowest BCUT2D eigenvalue weighted by atomic mass is 9.98. The molecule has 1 N–H and O–H groups in total. The molecule has 6 rings (SSSR count). The van der Waals surface area contributed by atoms with E-state index in [0.29, 0.717) is 10.7 Å². The van der Waals surface area contributed by atoms with Gasteiger partial charge >= 0.3 is 6.09 Å². The molecule has 1 amide bonds. The Labute approximate surface area is 252 Å². The molecule has 10 heteroatoms. The Morgan fingerprint density at radius 3 is 2.40 bits per heavy atom. The van der Waals surface area contributed by atoms with Gasteiger partial charge in [-0.15, -0.1) is 5.10 Å². The van der Waals surface area contributed by atoms with Crippen LogP contribution in [0.5, 0.6) is 0 Å². The highest BCUT2D eigenvalue weighted by atomic mass is 35.5. The van der Waals surface area contributed by atoms with E-state index in [1.54, 1.807) is 16.9 Å². The van der Waals surface area contributed by atoms with Crippen molar-refractivity contribution in [3.8, 4) is 27.9 Å². The number of carbonyl (C=O) groups is 1. The van der Waals surface area contributed by atoms with Crippen molar-refractivity contribution in [2.24, 2.45) is 0 Å². The first-order valence-electron chi connectivity index (χ1n) is 13.3. The predicted octanol–water partition coefficient (Wildman–Crippen LogP) is 7.21. The topological polar surface area (TPSA) is 108 Å². The average Bonchev–Trinajstić information content (AvgIpc) is 3.60. The van der Waals surface area contributed by atoms with E-state index in [1.807, 2.05) is 97.2 Å². The van der Waals surface area contributed by atoms with E-state index in [1.165, 1.54) is 13.4 Å². The smallest absolute Gasteiger partial charge is 0.411 e. The molecular weight excluding hydrogens is 562 g/mol. The van der Waals surface area contributed by atoms with Crippen LogP contribution in [-0.4, -0.2) is 43.4 Å². The molecule has 210 valence electrons. The van der Waals surface area contributed by atoms with Crippen molar-refractivity contribution in [3.63, 3.8) is 0 Å². The van der Waals surface area contributed by atoms with Crippen molar-refractivity contribution >= 4 is 35.0 Å². The largest absolute Gasteiger partial charge is 0.453 e. The van der Waals surface area contributed by atoms with Gasteiger partial charge in [0.1, 0.15) is 6.33 Å². The molecule has 0 atom stereocenters. The van der Waals surface area contributed by atoms with Crippen LogP contribution in [0.1, 0.15) is 17.0 Å². The summed E-state index contributed by atoms with van der Waals surface area (Å²) in [6.45, 7) is 0. The second-order valence-corrected chi connectivity index (χ2v) is 9.88. The molecule has 0 unspecified atom stereocenters. The Balaban J connectivity index is 1.38. The summed E-state index contributed by atoms with van der Waals surface area (Å²) < 4.78 is 6.27. The molecule has 0 aliphatic rings. The Bertz CT molecular complexity index is 1890. The van der Waals surface area contributed by atoms with Crippen LogP contribution in [0, 0.1) is 0 Å². The summed E-state index contributed by atoms with van der Waals surface area (Å²) in [7, 11) is 1.33. The lowest BCUT2D eigenvalue weighted by Gasteiger charge is -2.12. The molecule has 0 spiro atoms. The highest BCUT2D eigenvalue weighted by molar-refractivity contribution is 6.31. The van der Waals surface area contributed by atoms with E-state index >= 15 is 0 Å². The normalized spacial score (nSPS) is 11.3. The number of methoxy groups -OCH3 is 1. The highest BCUT2D eigenvalue weighted by Gasteiger charge is 2.14. The second-order valence-electron chi connectivity index (χ2n) is 9.44. The van der Waals surface area contributed by atoms with E-state index in [-0.39, 0.29) is 0 Å². The number of rotatable bonds is 7. The van der Waals surface area contributed by atoms with E-state index < -0.39 is 6.09 Å². The molecule has 0 aliphatic heterocycles. The molecule has 0 fully saturated rings. The molecule has 0 bridgehead atoms. The summed E-state index contributed by atoms with van der Waals surface area (Å²) in [5, 5.41) is 14.8. The van der Waals surface area contributed by atoms with Gasteiger partial charge in [-0.25, -0.2) is 4.79 Å². The second kappa shape index (κ2) is 12.5. The standard InChI is InChI=1S/C33H24ClN7O2/c1-43-33(42)38-27-11-7-23(8-12-27)24-15-16-35-31(18-24)29(17-22-5-3-2-4-6-22)30-13-9-25(20-36-30)28-19-26(34)10-14-32(28)41-21-37-39-40-41/h2-21H,1H3,(H,38,42). The predicted molar refractivity (Wildman–Crippen MR) is 167 cm³/mol. The van der Waals surface area contributed by atoms with Crippen LogP contribution in [-0.2, 0) is 4.74 Å². The number of aromatic nitrogens is 6. The fourth-order valence-corrected chi connectivity index (χ4v) is 4.76. The van der Waals surface area contributed by atoms with Gasteiger partial charge in [-0.3, -0.25) is 15.3 Å². The molecule has 6 aromatic rings. The number of pyridine rings is 2. The van der Waals surface area contributed by atoms with Gasteiger partial charge in [0.05, 0.1) is 24.2 Å². The number of nitrogens with one attached hydrogen (secondary N) is 1. The van der Waals surface area contributed by atoms with Crippen molar-refractivity contribution in [2.75, 3.05) is 12.4 Å². The first-order chi connectivity index (χ1) is 21.1. The van der Waals surface area contributed by atoms with Crippen molar-refractivity contribution in [3.05, 3.63) is 138 Å². The van der Waals surface area contributed by atoms with Gasteiger partial charge in [0.15, 0.2) is 0 Å². The van der Waals surface area contributed by atoms with Crippen LogP contribution in [0.3, 0.4) is 0 Å². The van der Waals surface area contributed by atoms with E-state index in [4.69, 9.17) is 21.6 Å². The van der Waals surface area contributed by atoms with Crippen LogP contribution in [0.2, 0.25) is 5.02 Å². The first kappa shape index (κ1) is 27.5. The lowest BCUT2D eigenvalue weighted by molar-refractivity contribution is 0.187. The number of tetrazole rings is 1. The number of hydrogen-bond acceptors (Lipinski definition) is 7. The van der Waals surface area contributed by atoms with E-state index in [2.05, 4.69) is 31.7 Å². The Morgan fingerprint density at radius 2 is 1.67 bits per heavy atom. The van der Waals surface area contributed by atoms with Gasteiger partial charge in [0.25, 0.3) is 0 Å². The zero-order chi connectivity index (χ0) is 29.6. The summed E-state index contributed by atoms with van der Waals surface area (Å²) in [6.07, 6.45) is 6.68. The third-order valence-corrected chi connectivity index (χ3v) is 6.94. The minimum absolute atomic E-state index is 0.518. The van der Waals surface area contributed by atoms with E-state index in [9.17, 15) is 4.79 Å². The zero-order valence-corrected chi connectivity index (χ0v) is 23.7. The van der Waals surface area contributed by atoms with Gasteiger partial charge in [0, 0.05) is 39.8 Å². The number of amides is 1. The van der Waals surface area contributed by atoms with Crippen molar-refractivity contribution in [1.29, 1.82) is 0 Å². The minimum atomic E-state index is -0.518. The fraction of sp³-hybridized carbons (Fsp3) is 0.0303. The fourth-order valence-electron chi connectivity index (χ4n) is 4.59. The maximum atomic E-state index is 11.6. The number of halogens is 1. The van der Waals surface area contributed by atoms with Gasteiger partial charge in [-0.1, -0.05) is 60.1 Å². The maximum Gasteiger partial charge on any atom is 0.411 e. The number of benzene rings is 3. The molecule has 9 nitrogen and oxygen atoms in total. The SMILES string of the molecule is COC(=O)Nc1ccc(-c2ccnc(C(=Cc3ccccc3)c3ccc(-c4cc(Cl)ccc4-n4cnnn4)cn3)c2)cc1. The quantitative estimate of drug-likeness (QED) is 0.211. The number of anilines is 1. The molecule has 3 aromatic heterocycles. The zero-order valence-electron chi connectivity index (χ0n) is 22.9. The highest BCUT2D eigenvalue weighted by Crippen LogP contribution is 2.32.